The number of hydrogen-bond donors (Lipinski definition) is 5. The van der Waals surface area contributed by atoms with Crippen LogP contribution in [0.15, 0.2) is 0 Å². The third-order valence-corrected chi connectivity index (χ3v) is 1.32. The Morgan fingerprint density at radius 2 is 1.80 bits per heavy atom. The van der Waals surface area contributed by atoms with E-state index in [0.717, 1.165) is 0 Å². The van der Waals surface area contributed by atoms with Crippen LogP contribution >= 0.6 is 0 Å². The van der Waals surface area contributed by atoms with Gasteiger partial charge in [0.2, 0.25) is 0 Å². The number of rotatable bonds is 3. The summed E-state index contributed by atoms with van der Waals surface area (Å²) in [5.41, 5.74) is 0. The number of aliphatic hydroxyl groups excluding tert-OH is 1. The van der Waals surface area contributed by atoms with Crippen molar-refractivity contribution in [2.45, 2.75) is 12.3 Å². The zero-order chi connectivity index (χ0) is 8.36. The Morgan fingerprint density at radius 1 is 1.40 bits per heavy atom. The second-order valence-electron chi connectivity index (χ2n) is 1.40. The van der Waals surface area contributed by atoms with E-state index >= 15 is 0 Å². The summed E-state index contributed by atoms with van der Waals surface area (Å²) in [4.78, 5) is 0. The summed E-state index contributed by atoms with van der Waals surface area (Å²) in [6.07, 6.45) is -2.63. The molecule has 0 bridgehead atoms. The summed E-state index contributed by atoms with van der Waals surface area (Å²) < 4.78 is 21.3. The van der Waals surface area contributed by atoms with E-state index in [4.69, 9.17) is 24.1 Å². The van der Waals surface area contributed by atoms with Gasteiger partial charge in [0.1, 0.15) is 0 Å². The summed E-state index contributed by atoms with van der Waals surface area (Å²) in [6.45, 7) is 0. The molecule has 60 valence electrons. The number of aliphatic hydroxyl groups is 4. The van der Waals surface area contributed by atoms with Crippen molar-refractivity contribution in [3.8, 4) is 0 Å². The van der Waals surface area contributed by atoms with Gasteiger partial charge in [-0.3, -0.25) is 0 Å². The standard InChI is InChI=1S/C2H5O5.H2O.O.Ti/c3-1(4)2(5,6)7;;;/h1,3-6H;1H2;;/q-1;;;+2/p-1. The predicted molar refractivity (Wildman–Crippen MR) is 19.4 cm³/mol. The molecule has 0 unspecified atom stereocenters. The fraction of sp³-hybridized carbons (Fsp3) is 1.00. The fourth-order valence-corrected chi connectivity index (χ4v) is 0.747. The molecule has 0 saturated heterocycles. The predicted octanol–water partition coefficient (Wildman–Crippen LogP) is -3.26. The molecule has 0 heterocycles. The molecular formula is C2H6O7Ti. The minimum atomic E-state index is -4.16. The van der Waals surface area contributed by atoms with Crippen molar-refractivity contribution >= 4 is 0 Å². The van der Waals surface area contributed by atoms with Crippen molar-refractivity contribution in [2.75, 3.05) is 0 Å². The molecule has 8 heteroatoms. The van der Waals surface area contributed by atoms with E-state index < -0.39 is 30.9 Å². The topological polar surface area (TPSA) is 127 Å². The summed E-state index contributed by atoms with van der Waals surface area (Å²) in [5, 5.41) is 32.6. The molecule has 10 heavy (non-hydrogen) atoms. The van der Waals surface area contributed by atoms with Gasteiger partial charge in [-0.2, -0.15) is 0 Å². The minimum absolute atomic E-state index is 2.63. The molecule has 0 spiro atoms. The van der Waals surface area contributed by atoms with E-state index in [1.807, 2.05) is 0 Å². The van der Waals surface area contributed by atoms with Gasteiger partial charge in [-0.1, -0.05) is 0 Å². The summed E-state index contributed by atoms with van der Waals surface area (Å²) in [7, 11) is 0. The average Bonchev–Trinajstić information content (AvgIpc) is 1.60. The van der Waals surface area contributed by atoms with Crippen LogP contribution in [0.4, 0.5) is 0 Å². The van der Waals surface area contributed by atoms with Gasteiger partial charge in [0.05, 0.1) is 0 Å². The zero-order valence-corrected chi connectivity index (χ0v) is 6.19. The van der Waals surface area contributed by atoms with Gasteiger partial charge in [-0.05, 0) is 0 Å². The summed E-state index contributed by atoms with van der Waals surface area (Å²) in [6, 6.07) is 0. The normalized spacial score (nSPS) is 12.2. The fourth-order valence-electron chi connectivity index (χ4n) is 0.181. The molecule has 0 aliphatic carbocycles. The van der Waals surface area contributed by atoms with Gasteiger partial charge in [0.15, 0.2) is 0 Å². The first-order valence-electron chi connectivity index (χ1n) is 2.09. The van der Waals surface area contributed by atoms with E-state index in [2.05, 4.69) is 3.32 Å². The molecule has 0 radical (unpaired) electrons. The molecule has 0 aromatic rings. The van der Waals surface area contributed by atoms with E-state index in [-0.39, 0.29) is 0 Å². The Kier molecular flexibility index (Phi) is 3.70. The summed E-state index contributed by atoms with van der Waals surface area (Å²) >= 11 is -4.16. The Bertz CT molecular complexity index is 130. The van der Waals surface area contributed by atoms with Crippen LogP contribution in [0.3, 0.4) is 0 Å². The Morgan fingerprint density at radius 3 is 1.90 bits per heavy atom. The Balaban J connectivity index is 3.99. The van der Waals surface area contributed by atoms with E-state index in [9.17, 15) is 3.32 Å². The molecule has 0 atom stereocenters. The van der Waals surface area contributed by atoms with Crippen molar-refractivity contribution in [2.24, 2.45) is 0 Å². The Labute approximate surface area is 62.2 Å². The van der Waals surface area contributed by atoms with Crippen LogP contribution in [0, 0.1) is 0 Å². The second kappa shape index (κ2) is 3.60. The first-order chi connectivity index (χ1) is 4.36. The van der Waals surface area contributed by atoms with Crippen molar-refractivity contribution in [3.63, 3.8) is 0 Å². The van der Waals surface area contributed by atoms with Crippen LogP contribution in [0.25, 0.3) is 0 Å². The third kappa shape index (κ3) is 3.44. The first-order valence-corrected chi connectivity index (χ1v) is 4.06. The van der Waals surface area contributed by atoms with Crippen LogP contribution in [-0.4, -0.2) is 36.4 Å². The monoisotopic (exact) mass is 190 g/mol. The molecule has 0 aliphatic heterocycles. The van der Waals surface area contributed by atoms with Crippen LogP contribution in [-0.2, 0) is 25.3 Å². The molecule has 0 amide bonds. The molecule has 0 aliphatic rings. The maximum atomic E-state index is 9.80. The van der Waals surface area contributed by atoms with Gasteiger partial charge < -0.3 is 0 Å². The molecule has 0 rings (SSSR count). The molecule has 5 N–H and O–H groups in total. The second-order valence-corrected chi connectivity index (χ2v) is 2.55. The van der Waals surface area contributed by atoms with Gasteiger partial charge >= 0.3 is 61.6 Å². The third-order valence-electron chi connectivity index (χ3n) is 0.574. The molecule has 7 nitrogen and oxygen atoms in total. The van der Waals surface area contributed by atoms with Gasteiger partial charge in [0, 0.05) is 0 Å². The molecule has 0 aromatic carbocycles. The molecular weight excluding hydrogens is 184 g/mol. The molecule has 0 fully saturated rings. The SMILES string of the molecule is [O]=[Ti]([OH])[O]C(O)(O)C(O)O. The zero-order valence-electron chi connectivity index (χ0n) is 4.63. The maximum absolute atomic E-state index is 9.80. The van der Waals surface area contributed by atoms with Crippen molar-refractivity contribution in [1.82, 2.24) is 0 Å². The average molecular weight is 190 g/mol. The van der Waals surface area contributed by atoms with Gasteiger partial charge in [-0.25, -0.2) is 0 Å². The van der Waals surface area contributed by atoms with Gasteiger partial charge in [-0.15, -0.1) is 0 Å². The quantitative estimate of drug-likeness (QED) is 0.233. The van der Waals surface area contributed by atoms with Crippen LogP contribution in [0.5, 0.6) is 0 Å². The van der Waals surface area contributed by atoms with E-state index in [1.54, 1.807) is 0 Å². The number of hydrogen-bond acceptors (Lipinski definition) is 6. The van der Waals surface area contributed by atoms with E-state index in [0.29, 0.717) is 0 Å². The summed E-state index contributed by atoms with van der Waals surface area (Å²) in [5.74, 6) is -3.36. The first kappa shape index (κ1) is 10.3. The van der Waals surface area contributed by atoms with Gasteiger partial charge in [0.25, 0.3) is 0 Å². The van der Waals surface area contributed by atoms with Crippen LogP contribution < -0.4 is 0 Å². The van der Waals surface area contributed by atoms with Crippen molar-refractivity contribution in [3.05, 3.63) is 0 Å². The van der Waals surface area contributed by atoms with Crippen molar-refractivity contribution in [1.29, 1.82) is 0 Å². The van der Waals surface area contributed by atoms with E-state index in [1.165, 1.54) is 0 Å². The van der Waals surface area contributed by atoms with Crippen molar-refractivity contribution < 1.29 is 49.4 Å². The van der Waals surface area contributed by atoms with Crippen LogP contribution in [0.2, 0.25) is 0 Å². The Hall–Kier alpha value is 0.274. The van der Waals surface area contributed by atoms with Crippen LogP contribution in [0.1, 0.15) is 0 Å². The molecule has 0 saturated carbocycles. The molecule has 0 aromatic heterocycles.